The lowest BCUT2D eigenvalue weighted by Crippen LogP contribution is -2.08. The number of hydrogen-bond acceptors (Lipinski definition) is 4. The maximum absolute atomic E-state index is 12.1. The van der Waals surface area contributed by atoms with Gasteiger partial charge in [0.15, 0.2) is 0 Å². The average molecular weight is 331 g/mol. The van der Waals surface area contributed by atoms with Gasteiger partial charge in [-0.05, 0) is 47.5 Å². The molecule has 0 saturated heterocycles. The summed E-state index contributed by atoms with van der Waals surface area (Å²) in [6.07, 6.45) is 7.46. The monoisotopic (exact) mass is 331 g/mol. The zero-order valence-electron chi connectivity index (χ0n) is 13.6. The van der Waals surface area contributed by atoms with Crippen molar-refractivity contribution in [2.45, 2.75) is 6.42 Å². The summed E-state index contributed by atoms with van der Waals surface area (Å²) in [6.45, 7) is 3.69. The maximum Gasteiger partial charge on any atom is 0.343 e. The highest BCUT2D eigenvalue weighted by Crippen LogP contribution is 2.21. The molecule has 124 valence electrons. The summed E-state index contributed by atoms with van der Waals surface area (Å²) in [5.41, 5.74) is 2.17. The van der Waals surface area contributed by atoms with Crippen molar-refractivity contribution in [3.05, 3.63) is 90.5 Å². The van der Waals surface area contributed by atoms with E-state index in [1.54, 1.807) is 24.3 Å². The molecular weight excluding hydrogens is 314 g/mol. The number of phenolic OH excluding ortho intramolecular Hbond substituents is 1. The van der Waals surface area contributed by atoms with Crippen molar-refractivity contribution in [3.63, 3.8) is 0 Å². The molecule has 0 amide bonds. The topological polar surface area (TPSA) is 70.3 Å². The Bertz CT molecular complexity index is 838. The molecule has 0 heterocycles. The summed E-state index contributed by atoms with van der Waals surface area (Å²) in [7, 11) is 0. The van der Waals surface area contributed by atoms with Crippen LogP contribution in [0.2, 0.25) is 0 Å². The third-order valence-corrected chi connectivity index (χ3v) is 3.31. The molecule has 4 heteroatoms. The number of allylic oxidation sites excluding steroid dienone is 5. The van der Waals surface area contributed by atoms with Crippen LogP contribution < -0.4 is 4.74 Å². The zero-order valence-corrected chi connectivity index (χ0v) is 13.6. The fourth-order valence-electron chi connectivity index (χ4n) is 2.09. The van der Waals surface area contributed by atoms with Gasteiger partial charge in [0.05, 0.1) is 18.1 Å². The zero-order chi connectivity index (χ0) is 18.1. The molecule has 0 fully saturated rings. The van der Waals surface area contributed by atoms with Gasteiger partial charge in [0.1, 0.15) is 11.5 Å². The van der Waals surface area contributed by atoms with Gasteiger partial charge in [0.25, 0.3) is 0 Å². The summed E-state index contributed by atoms with van der Waals surface area (Å²) < 4.78 is 5.31. The Hall–Kier alpha value is -3.58. The highest BCUT2D eigenvalue weighted by atomic mass is 16.5. The smallest absolute Gasteiger partial charge is 0.343 e. The van der Waals surface area contributed by atoms with Gasteiger partial charge < -0.3 is 9.84 Å². The summed E-state index contributed by atoms with van der Waals surface area (Å²) >= 11 is 0. The number of nitrogens with zero attached hydrogens (tertiary/aromatic N) is 1. The van der Waals surface area contributed by atoms with E-state index in [9.17, 15) is 9.90 Å². The Kier molecular flexibility index (Phi) is 6.32. The van der Waals surface area contributed by atoms with Crippen molar-refractivity contribution in [1.29, 1.82) is 5.26 Å². The highest BCUT2D eigenvalue weighted by Gasteiger charge is 2.08. The minimum atomic E-state index is -0.497. The molecule has 0 aliphatic heterocycles. The molecular formula is C21H17NO3. The van der Waals surface area contributed by atoms with Crippen molar-refractivity contribution >= 4 is 11.5 Å². The molecule has 0 spiro atoms. The van der Waals surface area contributed by atoms with E-state index in [0.717, 1.165) is 11.1 Å². The molecule has 2 aromatic rings. The summed E-state index contributed by atoms with van der Waals surface area (Å²) in [6, 6.07) is 15.0. The first-order valence-electron chi connectivity index (χ1n) is 7.62. The van der Waals surface area contributed by atoms with E-state index >= 15 is 0 Å². The summed E-state index contributed by atoms with van der Waals surface area (Å²) in [4.78, 5) is 12.1. The maximum atomic E-state index is 12.1. The summed E-state index contributed by atoms with van der Waals surface area (Å²) in [5.74, 6) is 0.0104. The second-order valence-electron chi connectivity index (χ2n) is 5.08. The Balaban J connectivity index is 2.11. The average Bonchev–Trinajstić information content (AvgIpc) is 2.62. The molecule has 1 N–H and O–H groups in total. The van der Waals surface area contributed by atoms with E-state index in [4.69, 9.17) is 10.00 Å². The van der Waals surface area contributed by atoms with Gasteiger partial charge >= 0.3 is 5.97 Å². The van der Waals surface area contributed by atoms with Crippen LogP contribution in [-0.4, -0.2) is 11.1 Å². The van der Waals surface area contributed by atoms with Crippen LogP contribution in [-0.2, 0) is 0 Å². The van der Waals surface area contributed by atoms with Gasteiger partial charge in [-0.3, -0.25) is 0 Å². The van der Waals surface area contributed by atoms with Gasteiger partial charge in [-0.2, -0.15) is 5.26 Å². The molecule has 0 radical (unpaired) electrons. The Morgan fingerprint density at radius 1 is 1.12 bits per heavy atom. The molecule has 2 rings (SSSR count). The third-order valence-electron chi connectivity index (χ3n) is 3.31. The SMILES string of the molecule is C=CC=C(C=CCC#N)c1ccc(OC(=O)c2ccc(O)cc2)cc1. The molecule has 0 saturated carbocycles. The second kappa shape index (κ2) is 8.90. The number of phenols is 1. The first kappa shape index (κ1) is 17.8. The fraction of sp³-hybridized carbons (Fsp3) is 0.0476. The molecule has 0 atom stereocenters. The van der Waals surface area contributed by atoms with Crippen molar-refractivity contribution in [2.75, 3.05) is 0 Å². The van der Waals surface area contributed by atoms with Crippen LogP contribution in [0.3, 0.4) is 0 Å². The van der Waals surface area contributed by atoms with Crippen LogP contribution in [0.15, 0.2) is 79.4 Å². The molecule has 0 aliphatic carbocycles. The van der Waals surface area contributed by atoms with E-state index in [1.807, 2.05) is 24.3 Å². The first-order valence-corrected chi connectivity index (χ1v) is 7.62. The number of aromatic hydroxyl groups is 1. The molecule has 0 aliphatic rings. The predicted molar refractivity (Wildman–Crippen MR) is 97.1 cm³/mol. The highest BCUT2D eigenvalue weighted by molar-refractivity contribution is 5.91. The Morgan fingerprint density at radius 2 is 1.76 bits per heavy atom. The van der Waals surface area contributed by atoms with Crippen LogP contribution in [0.4, 0.5) is 0 Å². The van der Waals surface area contributed by atoms with Crippen molar-refractivity contribution in [2.24, 2.45) is 0 Å². The lowest BCUT2D eigenvalue weighted by atomic mass is 10.0. The number of nitriles is 1. The first-order chi connectivity index (χ1) is 12.1. The van der Waals surface area contributed by atoms with Gasteiger partial charge in [-0.1, -0.05) is 43.0 Å². The molecule has 2 aromatic carbocycles. The van der Waals surface area contributed by atoms with Crippen molar-refractivity contribution in [1.82, 2.24) is 0 Å². The normalized spacial score (nSPS) is 11.1. The van der Waals surface area contributed by atoms with Crippen LogP contribution in [0.1, 0.15) is 22.3 Å². The van der Waals surface area contributed by atoms with Gasteiger partial charge in [0, 0.05) is 0 Å². The Labute approximate surface area is 146 Å². The van der Waals surface area contributed by atoms with E-state index in [0.29, 0.717) is 17.7 Å². The molecule has 4 nitrogen and oxygen atoms in total. The number of carbonyl (C=O) groups excluding carboxylic acids is 1. The van der Waals surface area contributed by atoms with Crippen molar-refractivity contribution in [3.8, 4) is 17.6 Å². The van der Waals surface area contributed by atoms with Crippen LogP contribution in [0, 0.1) is 11.3 Å². The minimum Gasteiger partial charge on any atom is -0.508 e. The van der Waals surface area contributed by atoms with E-state index in [-0.39, 0.29) is 5.75 Å². The van der Waals surface area contributed by atoms with E-state index < -0.39 is 5.97 Å². The Morgan fingerprint density at radius 3 is 2.36 bits per heavy atom. The number of benzene rings is 2. The number of rotatable bonds is 6. The van der Waals surface area contributed by atoms with Crippen molar-refractivity contribution < 1.29 is 14.6 Å². The minimum absolute atomic E-state index is 0.0897. The number of esters is 1. The molecule has 0 bridgehead atoms. The molecule has 0 aromatic heterocycles. The van der Waals surface area contributed by atoms with Gasteiger partial charge in [-0.25, -0.2) is 4.79 Å². The van der Waals surface area contributed by atoms with Crippen LogP contribution in [0.5, 0.6) is 11.5 Å². The van der Waals surface area contributed by atoms with Crippen LogP contribution >= 0.6 is 0 Å². The van der Waals surface area contributed by atoms with E-state index in [2.05, 4.69) is 12.6 Å². The second-order valence-corrected chi connectivity index (χ2v) is 5.08. The van der Waals surface area contributed by atoms with Gasteiger partial charge in [-0.15, -0.1) is 0 Å². The number of carbonyl (C=O) groups is 1. The largest absolute Gasteiger partial charge is 0.508 e. The molecule has 0 unspecified atom stereocenters. The lowest BCUT2D eigenvalue weighted by Gasteiger charge is -2.07. The van der Waals surface area contributed by atoms with Crippen LogP contribution in [0.25, 0.3) is 5.57 Å². The number of ether oxygens (including phenoxy) is 1. The standard InChI is InChI=1S/C21H17NO3/c1-2-5-16(6-3-4-15-22)17-9-13-20(14-10-17)25-21(24)18-7-11-19(23)12-8-18/h2-3,5-14,23H,1,4H2. The molecule has 25 heavy (non-hydrogen) atoms. The number of hydrogen-bond donors (Lipinski definition) is 1. The summed E-state index contributed by atoms with van der Waals surface area (Å²) in [5, 5.41) is 17.8. The third kappa shape index (κ3) is 5.22. The fourth-order valence-corrected chi connectivity index (χ4v) is 2.09. The van der Waals surface area contributed by atoms with Gasteiger partial charge in [0.2, 0.25) is 0 Å². The van der Waals surface area contributed by atoms with E-state index in [1.165, 1.54) is 24.3 Å². The lowest BCUT2D eigenvalue weighted by molar-refractivity contribution is 0.0735. The quantitative estimate of drug-likeness (QED) is 0.475. The predicted octanol–water partition coefficient (Wildman–Crippen LogP) is 4.65.